The van der Waals surface area contributed by atoms with E-state index in [1.54, 1.807) is 5.30 Å². The smallest absolute Gasteiger partial charge is 0.0104 e. The van der Waals surface area contributed by atoms with E-state index in [-0.39, 0.29) is 7.92 Å². The maximum absolute atomic E-state index is 3.87. The summed E-state index contributed by atoms with van der Waals surface area (Å²) in [5, 5.41) is 1.54. The van der Waals surface area contributed by atoms with Crippen molar-refractivity contribution in [2.24, 2.45) is 0 Å². The molecule has 0 saturated carbocycles. The summed E-state index contributed by atoms with van der Waals surface area (Å²) >= 11 is 0. The third kappa shape index (κ3) is 3.06. The van der Waals surface area contributed by atoms with E-state index in [0.717, 1.165) is 12.3 Å². The number of benzene rings is 1. The molecule has 0 aliphatic rings. The van der Waals surface area contributed by atoms with E-state index in [2.05, 4.69) is 46.1 Å². The van der Waals surface area contributed by atoms with Gasteiger partial charge in [-0.1, -0.05) is 37.8 Å². The van der Waals surface area contributed by atoms with Crippen LogP contribution in [0, 0.1) is 20.8 Å². The van der Waals surface area contributed by atoms with Gasteiger partial charge >= 0.3 is 0 Å². The molecule has 0 heterocycles. The fourth-order valence-corrected chi connectivity index (χ4v) is 4.50. The van der Waals surface area contributed by atoms with Crippen LogP contribution in [0.25, 0.3) is 0 Å². The summed E-state index contributed by atoms with van der Waals surface area (Å²) in [6.45, 7) is 14.3. The first-order valence-corrected chi connectivity index (χ1v) is 7.36. The highest BCUT2D eigenvalue weighted by Crippen LogP contribution is 2.37. The molecule has 0 aromatic heterocycles. The van der Waals surface area contributed by atoms with E-state index in [1.807, 2.05) is 12.2 Å². The van der Waals surface area contributed by atoms with Crippen molar-refractivity contribution in [1.82, 2.24) is 0 Å². The van der Waals surface area contributed by atoms with Crippen LogP contribution in [0.1, 0.15) is 16.7 Å². The van der Waals surface area contributed by atoms with Gasteiger partial charge in [0.05, 0.1) is 0 Å². The fraction of sp³-hybridized carbons (Fsp3) is 0.333. The van der Waals surface area contributed by atoms with Crippen LogP contribution in [0.15, 0.2) is 37.4 Å². The monoisotopic (exact) mass is 232 g/mol. The van der Waals surface area contributed by atoms with E-state index in [0.29, 0.717) is 0 Å². The van der Waals surface area contributed by atoms with E-state index in [4.69, 9.17) is 0 Å². The molecule has 0 nitrogen and oxygen atoms in total. The van der Waals surface area contributed by atoms with Gasteiger partial charge in [0.25, 0.3) is 0 Å². The fourth-order valence-electron chi connectivity index (χ4n) is 2.24. The van der Waals surface area contributed by atoms with Crippen molar-refractivity contribution < 1.29 is 0 Å². The molecule has 1 rings (SSSR count). The van der Waals surface area contributed by atoms with Crippen molar-refractivity contribution in [2.45, 2.75) is 20.8 Å². The molecule has 0 fully saturated rings. The van der Waals surface area contributed by atoms with Crippen molar-refractivity contribution in [3.63, 3.8) is 0 Å². The Morgan fingerprint density at radius 2 is 1.44 bits per heavy atom. The summed E-state index contributed by atoms with van der Waals surface area (Å²) in [7, 11) is -0.146. The largest absolute Gasteiger partial charge is 0.103 e. The van der Waals surface area contributed by atoms with Crippen molar-refractivity contribution in [3.05, 3.63) is 54.1 Å². The highest BCUT2D eigenvalue weighted by atomic mass is 31.1. The SMILES string of the molecule is C=CCP(CC=C)c1c(C)cc(C)cc1C. The lowest BCUT2D eigenvalue weighted by molar-refractivity contribution is 1.35. The summed E-state index contributed by atoms with van der Waals surface area (Å²) in [5.74, 6) is 0. The molecular weight excluding hydrogens is 211 g/mol. The molecule has 86 valence electrons. The first kappa shape index (κ1) is 13.2. The summed E-state index contributed by atoms with van der Waals surface area (Å²) in [6.07, 6.45) is 6.25. The van der Waals surface area contributed by atoms with Crippen LogP contribution in [-0.2, 0) is 0 Å². The molecular formula is C15H21P. The van der Waals surface area contributed by atoms with Gasteiger partial charge in [0.15, 0.2) is 0 Å². The highest BCUT2D eigenvalue weighted by Gasteiger charge is 2.13. The standard InChI is InChI=1S/C15H21P/c1-6-8-16(9-7-2)15-13(4)10-12(3)11-14(15)5/h6-7,10-11H,1-2,8-9H2,3-5H3. The van der Waals surface area contributed by atoms with Crippen molar-refractivity contribution in [3.8, 4) is 0 Å². The molecule has 1 aromatic rings. The number of hydrogen-bond acceptors (Lipinski definition) is 0. The molecule has 0 amide bonds. The topological polar surface area (TPSA) is 0 Å². The molecule has 0 bridgehead atoms. The summed E-state index contributed by atoms with van der Waals surface area (Å²) in [4.78, 5) is 0. The molecule has 1 aromatic carbocycles. The van der Waals surface area contributed by atoms with Gasteiger partial charge in [0.2, 0.25) is 0 Å². The summed E-state index contributed by atoms with van der Waals surface area (Å²) in [5.41, 5.74) is 4.20. The lowest BCUT2D eigenvalue weighted by atomic mass is 10.1. The van der Waals surface area contributed by atoms with Crippen molar-refractivity contribution in [1.29, 1.82) is 0 Å². The molecule has 1 heteroatoms. The van der Waals surface area contributed by atoms with Crippen LogP contribution >= 0.6 is 7.92 Å². The average Bonchev–Trinajstić information content (AvgIpc) is 2.16. The lowest BCUT2D eigenvalue weighted by Gasteiger charge is -2.20. The molecule has 0 saturated heterocycles. The van der Waals surface area contributed by atoms with Gasteiger partial charge in [-0.3, -0.25) is 0 Å². The Kier molecular flexibility index (Phi) is 4.96. The van der Waals surface area contributed by atoms with Gasteiger partial charge in [-0.05, 0) is 49.5 Å². The van der Waals surface area contributed by atoms with Gasteiger partial charge in [0.1, 0.15) is 0 Å². The summed E-state index contributed by atoms with van der Waals surface area (Å²) in [6, 6.07) is 4.56. The maximum atomic E-state index is 3.87. The summed E-state index contributed by atoms with van der Waals surface area (Å²) < 4.78 is 0. The zero-order valence-electron chi connectivity index (χ0n) is 10.6. The zero-order chi connectivity index (χ0) is 12.1. The van der Waals surface area contributed by atoms with Crippen molar-refractivity contribution in [2.75, 3.05) is 12.3 Å². The number of aryl methyl sites for hydroxylation is 3. The Morgan fingerprint density at radius 3 is 1.81 bits per heavy atom. The normalized spacial score (nSPS) is 10.5. The Labute approximate surface area is 101 Å². The second-order valence-corrected chi connectivity index (χ2v) is 6.49. The molecule has 0 atom stereocenters. The van der Waals surface area contributed by atoms with Crippen LogP contribution < -0.4 is 5.30 Å². The predicted molar refractivity (Wildman–Crippen MR) is 77.3 cm³/mol. The predicted octanol–water partition coefficient (Wildman–Crippen LogP) is 4.09. The number of allylic oxidation sites excluding steroid dienone is 2. The second-order valence-electron chi connectivity index (χ2n) is 4.23. The zero-order valence-corrected chi connectivity index (χ0v) is 11.5. The third-order valence-electron chi connectivity index (χ3n) is 2.65. The molecule has 0 radical (unpaired) electrons. The number of rotatable bonds is 5. The average molecular weight is 232 g/mol. The first-order chi connectivity index (χ1) is 7.60. The minimum Gasteiger partial charge on any atom is -0.103 e. The van der Waals surface area contributed by atoms with Gasteiger partial charge < -0.3 is 0 Å². The molecule has 0 unspecified atom stereocenters. The highest BCUT2D eigenvalue weighted by molar-refractivity contribution is 7.66. The molecule has 16 heavy (non-hydrogen) atoms. The van der Waals surface area contributed by atoms with Gasteiger partial charge in [0, 0.05) is 0 Å². The van der Waals surface area contributed by atoms with Crippen LogP contribution in [-0.4, -0.2) is 12.3 Å². The quantitative estimate of drug-likeness (QED) is 0.530. The Bertz CT molecular complexity index is 357. The second kappa shape index (κ2) is 6.01. The number of hydrogen-bond donors (Lipinski definition) is 0. The van der Waals surface area contributed by atoms with E-state index in [9.17, 15) is 0 Å². The van der Waals surface area contributed by atoms with Gasteiger partial charge in [-0.15, -0.1) is 13.2 Å². The van der Waals surface area contributed by atoms with E-state index in [1.165, 1.54) is 16.7 Å². The van der Waals surface area contributed by atoms with Crippen LogP contribution in [0.3, 0.4) is 0 Å². The first-order valence-electron chi connectivity index (χ1n) is 5.64. The van der Waals surface area contributed by atoms with Gasteiger partial charge in [-0.25, -0.2) is 0 Å². The molecule has 0 aliphatic carbocycles. The Hall–Kier alpha value is -0.870. The van der Waals surface area contributed by atoms with Crippen LogP contribution in [0.4, 0.5) is 0 Å². The lowest BCUT2D eigenvalue weighted by Crippen LogP contribution is -2.13. The van der Waals surface area contributed by atoms with Gasteiger partial charge in [-0.2, -0.15) is 0 Å². The Balaban J connectivity index is 3.16. The molecule has 0 spiro atoms. The minimum atomic E-state index is -0.146. The third-order valence-corrected chi connectivity index (χ3v) is 5.39. The van der Waals surface area contributed by atoms with E-state index < -0.39 is 0 Å². The van der Waals surface area contributed by atoms with Crippen LogP contribution in [0.5, 0.6) is 0 Å². The minimum absolute atomic E-state index is 0.146. The van der Waals surface area contributed by atoms with E-state index >= 15 is 0 Å². The maximum Gasteiger partial charge on any atom is -0.0104 e. The van der Waals surface area contributed by atoms with Crippen LogP contribution in [0.2, 0.25) is 0 Å². The molecule has 0 aliphatic heterocycles. The Morgan fingerprint density at radius 1 is 1.00 bits per heavy atom. The molecule has 0 N–H and O–H groups in total. The van der Waals surface area contributed by atoms with Crippen molar-refractivity contribution >= 4 is 13.2 Å².